The molecule has 0 saturated heterocycles. The summed E-state index contributed by atoms with van der Waals surface area (Å²) in [6.45, 7) is 2.51. The standard InChI is InChI=1S/C18H18N4O3S/c1-2-24-15-10-6-7-13(17(15)23)11-19-22-16(20-21-18(22)26)12-25-14-8-4-3-5-9-14/h3-11,23H,2,12H2,1H3,(H,21,26)/b19-11-. The van der Waals surface area contributed by atoms with Crippen molar-refractivity contribution in [3.63, 3.8) is 0 Å². The van der Waals surface area contributed by atoms with Crippen LogP contribution in [0.3, 0.4) is 0 Å². The van der Waals surface area contributed by atoms with E-state index in [1.165, 1.54) is 10.9 Å². The van der Waals surface area contributed by atoms with Crippen LogP contribution in [0.25, 0.3) is 0 Å². The van der Waals surface area contributed by atoms with Gasteiger partial charge in [0.05, 0.1) is 12.8 Å². The van der Waals surface area contributed by atoms with Crippen molar-refractivity contribution < 1.29 is 14.6 Å². The molecule has 3 rings (SSSR count). The summed E-state index contributed by atoms with van der Waals surface area (Å²) in [6, 6.07) is 14.6. The third-order valence-corrected chi connectivity index (χ3v) is 3.74. The Morgan fingerprint density at radius 1 is 1.19 bits per heavy atom. The topological polar surface area (TPSA) is 84.7 Å². The van der Waals surface area contributed by atoms with Crippen molar-refractivity contribution in [3.8, 4) is 17.2 Å². The summed E-state index contributed by atoms with van der Waals surface area (Å²) in [5, 5.41) is 21.4. The van der Waals surface area contributed by atoms with E-state index in [0.29, 0.717) is 28.5 Å². The van der Waals surface area contributed by atoms with Crippen molar-refractivity contribution in [2.45, 2.75) is 13.5 Å². The summed E-state index contributed by atoms with van der Waals surface area (Å²) in [5.74, 6) is 1.66. The molecule has 0 aliphatic carbocycles. The van der Waals surface area contributed by atoms with E-state index in [2.05, 4.69) is 15.3 Å². The molecule has 134 valence electrons. The van der Waals surface area contributed by atoms with Crippen LogP contribution in [-0.2, 0) is 6.61 Å². The molecule has 0 aliphatic rings. The fourth-order valence-electron chi connectivity index (χ4n) is 2.24. The largest absolute Gasteiger partial charge is 0.504 e. The maximum Gasteiger partial charge on any atom is 0.216 e. The van der Waals surface area contributed by atoms with Gasteiger partial charge in [0.1, 0.15) is 12.4 Å². The molecule has 8 heteroatoms. The van der Waals surface area contributed by atoms with Gasteiger partial charge in [-0.25, -0.2) is 5.10 Å². The number of para-hydroxylation sites is 2. The maximum absolute atomic E-state index is 10.2. The number of nitrogens with one attached hydrogen (secondary N) is 1. The zero-order valence-electron chi connectivity index (χ0n) is 14.1. The van der Waals surface area contributed by atoms with Gasteiger partial charge < -0.3 is 14.6 Å². The summed E-state index contributed by atoms with van der Waals surface area (Å²) >= 11 is 5.21. The van der Waals surface area contributed by atoms with E-state index >= 15 is 0 Å². The van der Waals surface area contributed by atoms with Crippen molar-refractivity contribution in [2.24, 2.45) is 5.10 Å². The lowest BCUT2D eigenvalue weighted by Gasteiger charge is -2.07. The predicted molar refractivity (Wildman–Crippen MR) is 100 cm³/mol. The summed E-state index contributed by atoms with van der Waals surface area (Å²) in [5.41, 5.74) is 0.508. The Kier molecular flexibility index (Phi) is 5.65. The van der Waals surface area contributed by atoms with Crippen molar-refractivity contribution in [1.29, 1.82) is 0 Å². The van der Waals surface area contributed by atoms with Gasteiger partial charge in [-0.15, -0.1) is 0 Å². The monoisotopic (exact) mass is 370 g/mol. The van der Waals surface area contributed by atoms with Crippen molar-refractivity contribution in [3.05, 3.63) is 64.7 Å². The predicted octanol–water partition coefficient (Wildman–Crippen LogP) is 3.51. The average Bonchev–Trinajstić information content (AvgIpc) is 3.01. The Balaban J connectivity index is 1.80. The minimum absolute atomic E-state index is 0.0233. The van der Waals surface area contributed by atoms with E-state index in [0.717, 1.165) is 5.75 Å². The second kappa shape index (κ2) is 8.30. The Morgan fingerprint density at radius 2 is 2.00 bits per heavy atom. The number of nitrogens with zero attached hydrogens (tertiary/aromatic N) is 3. The molecular weight excluding hydrogens is 352 g/mol. The van der Waals surface area contributed by atoms with Crippen LogP contribution in [0.2, 0.25) is 0 Å². The van der Waals surface area contributed by atoms with Crippen molar-refractivity contribution in [2.75, 3.05) is 6.61 Å². The number of aromatic hydroxyl groups is 1. The second-order valence-electron chi connectivity index (χ2n) is 5.23. The number of phenolic OH excluding ortho intramolecular Hbond substituents is 1. The van der Waals surface area contributed by atoms with Crippen LogP contribution in [0.1, 0.15) is 18.3 Å². The molecule has 1 heterocycles. The van der Waals surface area contributed by atoms with Crippen LogP contribution in [0.5, 0.6) is 17.2 Å². The lowest BCUT2D eigenvalue weighted by Crippen LogP contribution is -2.04. The van der Waals surface area contributed by atoms with E-state index in [9.17, 15) is 5.11 Å². The Bertz CT molecular complexity index is 951. The summed E-state index contributed by atoms with van der Waals surface area (Å²) in [7, 11) is 0. The molecule has 0 unspecified atom stereocenters. The van der Waals surface area contributed by atoms with Gasteiger partial charge in [0.2, 0.25) is 4.77 Å². The molecule has 3 aromatic rings. The summed E-state index contributed by atoms with van der Waals surface area (Å²) in [6.07, 6.45) is 1.50. The van der Waals surface area contributed by atoms with Crippen molar-refractivity contribution in [1.82, 2.24) is 14.9 Å². The summed E-state index contributed by atoms with van der Waals surface area (Å²) in [4.78, 5) is 0. The molecule has 7 nitrogen and oxygen atoms in total. The number of H-pyrrole nitrogens is 1. The lowest BCUT2D eigenvalue weighted by molar-refractivity contribution is 0.290. The Hall–Kier alpha value is -3.13. The molecule has 0 spiro atoms. The molecule has 26 heavy (non-hydrogen) atoms. The Morgan fingerprint density at radius 3 is 2.77 bits per heavy atom. The van der Waals surface area contributed by atoms with Gasteiger partial charge in [-0.05, 0) is 43.4 Å². The van der Waals surface area contributed by atoms with E-state index in [1.54, 1.807) is 18.2 Å². The number of phenols is 1. The number of aromatic amines is 1. The van der Waals surface area contributed by atoms with Crippen LogP contribution in [-0.4, -0.2) is 32.8 Å². The first-order valence-electron chi connectivity index (χ1n) is 8.02. The number of hydrogen-bond acceptors (Lipinski definition) is 6. The number of aromatic nitrogens is 3. The van der Waals surface area contributed by atoms with Gasteiger partial charge in [-0.1, -0.05) is 24.3 Å². The highest BCUT2D eigenvalue weighted by Gasteiger charge is 2.08. The molecule has 0 amide bonds. The maximum atomic E-state index is 10.2. The van der Waals surface area contributed by atoms with E-state index in [4.69, 9.17) is 21.7 Å². The van der Waals surface area contributed by atoms with Crippen LogP contribution in [0, 0.1) is 4.77 Å². The van der Waals surface area contributed by atoms with E-state index in [1.807, 2.05) is 37.3 Å². The van der Waals surface area contributed by atoms with Gasteiger partial charge in [-0.3, -0.25) is 0 Å². The summed E-state index contributed by atoms with van der Waals surface area (Å²) < 4.78 is 12.8. The van der Waals surface area contributed by atoms with Crippen LogP contribution < -0.4 is 9.47 Å². The molecule has 0 bridgehead atoms. The molecule has 1 aromatic heterocycles. The highest BCUT2D eigenvalue weighted by molar-refractivity contribution is 7.71. The van der Waals surface area contributed by atoms with Gasteiger partial charge in [-0.2, -0.15) is 14.9 Å². The van der Waals surface area contributed by atoms with Gasteiger partial charge in [0, 0.05) is 5.56 Å². The quantitative estimate of drug-likeness (QED) is 0.491. The smallest absolute Gasteiger partial charge is 0.216 e. The molecular formula is C18H18N4O3S. The highest BCUT2D eigenvalue weighted by Crippen LogP contribution is 2.28. The van der Waals surface area contributed by atoms with Gasteiger partial charge in [0.15, 0.2) is 17.3 Å². The number of hydrogen-bond donors (Lipinski definition) is 2. The first-order valence-corrected chi connectivity index (χ1v) is 8.43. The number of rotatable bonds is 7. The first-order chi connectivity index (χ1) is 12.7. The molecule has 2 aromatic carbocycles. The Labute approximate surface area is 155 Å². The fraction of sp³-hybridized carbons (Fsp3) is 0.167. The first kappa shape index (κ1) is 17.7. The van der Waals surface area contributed by atoms with Gasteiger partial charge in [0.25, 0.3) is 0 Å². The highest BCUT2D eigenvalue weighted by atomic mass is 32.1. The second-order valence-corrected chi connectivity index (χ2v) is 5.62. The van der Waals surface area contributed by atoms with Gasteiger partial charge >= 0.3 is 0 Å². The third kappa shape index (κ3) is 4.09. The molecule has 0 saturated carbocycles. The lowest BCUT2D eigenvalue weighted by atomic mass is 10.2. The third-order valence-electron chi connectivity index (χ3n) is 3.47. The average molecular weight is 370 g/mol. The molecule has 2 N–H and O–H groups in total. The zero-order valence-corrected chi connectivity index (χ0v) is 14.9. The normalized spacial score (nSPS) is 11.0. The van der Waals surface area contributed by atoms with E-state index < -0.39 is 0 Å². The van der Waals surface area contributed by atoms with Crippen LogP contribution in [0.4, 0.5) is 0 Å². The minimum atomic E-state index is 0.0233. The minimum Gasteiger partial charge on any atom is -0.504 e. The zero-order chi connectivity index (χ0) is 18.4. The van der Waals surface area contributed by atoms with Crippen molar-refractivity contribution >= 4 is 18.4 Å². The number of benzene rings is 2. The fourth-order valence-corrected chi connectivity index (χ4v) is 2.43. The number of ether oxygens (including phenoxy) is 2. The molecule has 0 aliphatic heterocycles. The SMILES string of the molecule is CCOc1cccc(/C=N\n2c(COc3ccccc3)n[nH]c2=S)c1O. The van der Waals surface area contributed by atoms with Crippen LogP contribution >= 0.6 is 12.2 Å². The molecule has 0 radical (unpaired) electrons. The molecule has 0 atom stereocenters. The van der Waals surface area contributed by atoms with E-state index in [-0.39, 0.29) is 12.4 Å². The molecule has 0 fully saturated rings. The van der Waals surface area contributed by atoms with Crippen LogP contribution in [0.15, 0.2) is 53.6 Å².